The number of likely N-dealkylation sites (tertiary alicyclic amines) is 1. The van der Waals surface area contributed by atoms with E-state index in [-0.39, 0.29) is 30.6 Å². The summed E-state index contributed by atoms with van der Waals surface area (Å²) in [7, 11) is 0. The fraction of sp³-hybridized carbons (Fsp3) is 0.500. The Labute approximate surface area is 136 Å². The van der Waals surface area contributed by atoms with Crippen molar-refractivity contribution in [3.8, 4) is 0 Å². The van der Waals surface area contributed by atoms with Crippen LogP contribution in [0.15, 0.2) is 24.3 Å². The van der Waals surface area contributed by atoms with Crippen LogP contribution in [-0.4, -0.2) is 40.3 Å². The lowest BCUT2D eigenvalue weighted by Crippen LogP contribution is -2.37. The van der Waals surface area contributed by atoms with Crippen LogP contribution >= 0.6 is 0 Å². The first-order chi connectivity index (χ1) is 10.9. The lowest BCUT2D eigenvalue weighted by Gasteiger charge is -2.23. The molecule has 2 atom stereocenters. The molecule has 1 fully saturated rings. The predicted molar refractivity (Wildman–Crippen MR) is 86.3 cm³/mol. The summed E-state index contributed by atoms with van der Waals surface area (Å²) in [5.74, 6) is -1.56. The smallest absolute Gasteiger partial charge is 0.308 e. The number of Topliss-reactive ketones (excluding diaryl/α,β-unsaturated/α-hetero) is 1. The van der Waals surface area contributed by atoms with Crippen LogP contribution in [0.25, 0.3) is 0 Å². The number of benzene rings is 1. The highest BCUT2D eigenvalue weighted by Gasteiger charge is 2.37. The third-order valence-electron chi connectivity index (χ3n) is 4.64. The van der Waals surface area contributed by atoms with Gasteiger partial charge in [0, 0.05) is 31.0 Å². The molecule has 1 saturated heterocycles. The second kappa shape index (κ2) is 7.40. The zero-order chi connectivity index (χ0) is 17.0. The quantitative estimate of drug-likeness (QED) is 0.818. The standard InChI is InChI=1S/C18H23NO4/c1-3-13-4-6-14(7-5-13)16(20)8-9-17(21)19-11-10-15(12(19)2)18(22)23/h4-7,12,15H,3,8-11H2,1-2H3,(H,22,23). The molecular formula is C18H23NO4. The minimum Gasteiger partial charge on any atom is -0.481 e. The molecule has 1 aliphatic heterocycles. The van der Waals surface area contributed by atoms with Crippen LogP contribution in [0.1, 0.15) is 49.0 Å². The van der Waals surface area contributed by atoms with Crippen molar-refractivity contribution in [2.24, 2.45) is 5.92 Å². The molecule has 1 aromatic rings. The van der Waals surface area contributed by atoms with E-state index in [0.717, 1.165) is 6.42 Å². The number of ketones is 1. The predicted octanol–water partition coefficient (Wildman–Crippen LogP) is 2.53. The first-order valence-corrected chi connectivity index (χ1v) is 8.08. The van der Waals surface area contributed by atoms with Crippen molar-refractivity contribution >= 4 is 17.7 Å². The Morgan fingerprint density at radius 3 is 2.35 bits per heavy atom. The van der Waals surface area contributed by atoms with Crippen LogP contribution in [0.3, 0.4) is 0 Å². The molecule has 5 nitrogen and oxygen atoms in total. The molecule has 0 spiro atoms. The Hall–Kier alpha value is -2.17. The number of carbonyl (C=O) groups is 3. The Balaban J connectivity index is 1.88. The molecule has 5 heteroatoms. The number of carbonyl (C=O) groups excluding carboxylic acids is 2. The van der Waals surface area contributed by atoms with Gasteiger partial charge in [0.2, 0.25) is 5.91 Å². The topological polar surface area (TPSA) is 74.7 Å². The number of hydrogen-bond acceptors (Lipinski definition) is 3. The third kappa shape index (κ3) is 3.97. The first kappa shape index (κ1) is 17.2. The van der Waals surface area contributed by atoms with Crippen LogP contribution in [0.2, 0.25) is 0 Å². The number of carboxylic acid groups (broad SMARTS) is 1. The maximum Gasteiger partial charge on any atom is 0.308 e. The average Bonchev–Trinajstić information content (AvgIpc) is 2.94. The highest BCUT2D eigenvalue weighted by atomic mass is 16.4. The second-order valence-electron chi connectivity index (χ2n) is 6.03. The lowest BCUT2D eigenvalue weighted by molar-refractivity contribution is -0.143. The highest BCUT2D eigenvalue weighted by molar-refractivity contribution is 5.98. The van der Waals surface area contributed by atoms with Crippen molar-refractivity contribution < 1.29 is 19.5 Å². The summed E-state index contributed by atoms with van der Waals surface area (Å²) in [5.41, 5.74) is 1.79. The van der Waals surface area contributed by atoms with Crippen LogP contribution in [-0.2, 0) is 16.0 Å². The fourth-order valence-corrected chi connectivity index (χ4v) is 3.06. The lowest BCUT2D eigenvalue weighted by atomic mass is 10.0. The maximum absolute atomic E-state index is 12.2. The Morgan fingerprint density at radius 2 is 1.83 bits per heavy atom. The van der Waals surface area contributed by atoms with Crippen LogP contribution < -0.4 is 0 Å². The fourth-order valence-electron chi connectivity index (χ4n) is 3.06. The Bertz CT molecular complexity index is 594. The summed E-state index contributed by atoms with van der Waals surface area (Å²) in [6.07, 6.45) is 1.69. The molecule has 1 N–H and O–H groups in total. The van der Waals surface area contributed by atoms with Gasteiger partial charge in [-0.3, -0.25) is 14.4 Å². The maximum atomic E-state index is 12.2. The largest absolute Gasteiger partial charge is 0.481 e. The summed E-state index contributed by atoms with van der Waals surface area (Å²) in [6, 6.07) is 7.14. The molecule has 0 aromatic heterocycles. The van der Waals surface area contributed by atoms with E-state index >= 15 is 0 Å². The van der Waals surface area contributed by atoms with Gasteiger partial charge in [-0.2, -0.15) is 0 Å². The van der Waals surface area contributed by atoms with Gasteiger partial charge in [-0.25, -0.2) is 0 Å². The molecule has 1 aromatic carbocycles. The van der Waals surface area contributed by atoms with E-state index in [4.69, 9.17) is 5.11 Å². The molecule has 2 rings (SSSR count). The molecule has 0 bridgehead atoms. The molecule has 0 radical (unpaired) electrons. The van der Waals surface area contributed by atoms with Crippen molar-refractivity contribution in [3.05, 3.63) is 35.4 Å². The minimum atomic E-state index is -0.861. The zero-order valence-corrected chi connectivity index (χ0v) is 13.6. The number of carboxylic acids is 1. The number of rotatable bonds is 6. The average molecular weight is 317 g/mol. The summed E-state index contributed by atoms with van der Waals surface area (Å²) >= 11 is 0. The van der Waals surface area contributed by atoms with Crippen LogP contribution in [0.4, 0.5) is 0 Å². The van der Waals surface area contributed by atoms with Crippen molar-refractivity contribution in [2.45, 2.75) is 45.6 Å². The van der Waals surface area contributed by atoms with E-state index in [1.165, 1.54) is 5.56 Å². The molecule has 0 aliphatic carbocycles. The minimum absolute atomic E-state index is 0.0531. The number of nitrogens with zero attached hydrogens (tertiary/aromatic N) is 1. The van der Waals surface area contributed by atoms with Gasteiger partial charge in [0.25, 0.3) is 0 Å². The monoisotopic (exact) mass is 317 g/mol. The van der Waals surface area contributed by atoms with E-state index in [2.05, 4.69) is 6.92 Å². The normalized spacial score (nSPS) is 20.5. The van der Waals surface area contributed by atoms with Crippen LogP contribution in [0.5, 0.6) is 0 Å². The molecule has 2 unspecified atom stereocenters. The summed E-state index contributed by atoms with van der Waals surface area (Å²) in [6.45, 7) is 4.27. The number of aryl methyl sites for hydroxylation is 1. The summed E-state index contributed by atoms with van der Waals surface area (Å²) < 4.78 is 0. The van der Waals surface area contributed by atoms with Gasteiger partial charge in [0.05, 0.1) is 5.92 Å². The van der Waals surface area contributed by atoms with Gasteiger partial charge >= 0.3 is 5.97 Å². The van der Waals surface area contributed by atoms with E-state index in [1.54, 1.807) is 24.0 Å². The van der Waals surface area contributed by atoms with Gasteiger partial charge < -0.3 is 10.0 Å². The summed E-state index contributed by atoms with van der Waals surface area (Å²) in [5, 5.41) is 9.10. The van der Waals surface area contributed by atoms with E-state index in [0.29, 0.717) is 18.5 Å². The van der Waals surface area contributed by atoms with E-state index < -0.39 is 11.9 Å². The summed E-state index contributed by atoms with van der Waals surface area (Å²) in [4.78, 5) is 37.1. The molecular weight excluding hydrogens is 294 g/mol. The van der Waals surface area contributed by atoms with Crippen molar-refractivity contribution in [1.29, 1.82) is 0 Å². The molecule has 124 valence electrons. The SMILES string of the molecule is CCc1ccc(C(=O)CCC(=O)N2CCC(C(=O)O)C2C)cc1. The molecule has 1 heterocycles. The van der Waals surface area contributed by atoms with Gasteiger partial charge in [-0.05, 0) is 25.3 Å². The van der Waals surface area contributed by atoms with Gasteiger partial charge in [0.1, 0.15) is 0 Å². The second-order valence-corrected chi connectivity index (χ2v) is 6.03. The van der Waals surface area contributed by atoms with Gasteiger partial charge in [-0.1, -0.05) is 31.2 Å². The molecule has 1 amide bonds. The Kier molecular flexibility index (Phi) is 5.53. The number of amides is 1. The first-order valence-electron chi connectivity index (χ1n) is 8.08. The van der Waals surface area contributed by atoms with Crippen molar-refractivity contribution in [1.82, 2.24) is 4.90 Å². The molecule has 23 heavy (non-hydrogen) atoms. The van der Waals surface area contributed by atoms with Crippen molar-refractivity contribution in [2.75, 3.05) is 6.54 Å². The number of aliphatic carboxylic acids is 1. The van der Waals surface area contributed by atoms with Gasteiger partial charge in [-0.15, -0.1) is 0 Å². The number of hydrogen-bond donors (Lipinski definition) is 1. The highest BCUT2D eigenvalue weighted by Crippen LogP contribution is 2.25. The zero-order valence-electron chi connectivity index (χ0n) is 13.6. The van der Waals surface area contributed by atoms with E-state index in [9.17, 15) is 14.4 Å². The molecule has 0 saturated carbocycles. The van der Waals surface area contributed by atoms with E-state index in [1.807, 2.05) is 12.1 Å². The third-order valence-corrected chi connectivity index (χ3v) is 4.64. The molecule has 1 aliphatic rings. The van der Waals surface area contributed by atoms with Gasteiger partial charge in [0.15, 0.2) is 5.78 Å². The Morgan fingerprint density at radius 1 is 1.17 bits per heavy atom. The van der Waals surface area contributed by atoms with Crippen molar-refractivity contribution in [3.63, 3.8) is 0 Å². The van der Waals surface area contributed by atoms with Crippen LogP contribution in [0, 0.1) is 5.92 Å².